The first-order valence-electron chi connectivity index (χ1n) is 4.69. The number of hydrogen-bond donors (Lipinski definition) is 0. The zero-order chi connectivity index (χ0) is 9.68. The molecule has 0 radical (unpaired) electrons. The molecule has 1 aliphatic rings. The number of morpholine rings is 1. The number of halogens is 1. The normalized spacial score (nSPS) is 23.2. The summed E-state index contributed by atoms with van der Waals surface area (Å²) >= 11 is 5.53. The molecule has 13 heavy (non-hydrogen) atoms. The molecule has 0 aromatic rings. The number of alkyl halides is 1. The molecular formula is C9H16ClNO2. The summed E-state index contributed by atoms with van der Waals surface area (Å²) in [4.78, 5) is 13.5. The highest BCUT2D eigenvalue weighted by atomic mass is 35.5. The molecule has 1 aliphatic heterocycles. The minimum absolute atomic E-state index is 0.205. The quantitative estimate of drug-likeness (QED) is 0.650. The fourth-order valence-corrected chi connectivity index (χ4v) is 1.59. The van der Waals surface area contributed by atoms with Gasteiger partial charge in [-0.1, -0.05) is 0 Å². The molecular weight excluding hydrogens is 190 g/mol. The summed E-state index contributed by atoms with van der Waals surface area (Å²) in [6.45, 7) is 4.06. The zero-order valence-corrected chi connectivity index (χ0v) is 8.72. The summed E-state index contributed by atoms with van der Waals surface area (Å²) in [5.74, 6) is 0.765. The van der Waals surface area contributed by atoms with Crippen molar-refractivity contribution >= 4 is 17.5 Å². The molecule has 3 nitrogen and oxygen atoms in total. The smallest absolute Gasteiger partial charge is 0.223 e. The standard InChI is InChI=1S/C9H16ClNO2/c1-8-7-13-6-5-11(8)9(12)3-2-4-10/h8H,2-7H2,1H3. The monoisotopic (exact) mass is 205 g/mol. The van der Waals surface area contributed by atoms with Gasteiger partial charge in [-0.25, -0.2) is 0 Å². The number of hydrogen-bond acceptors (Lipinski definition) is 2. The van der Waals surface area contributed by atoms with Crippen molar-refractivity contribution in [3.05, 3.63) is 0 Å². The minimum atomic E-state index is 0.205. The summed E-state index contributed by atoms with van der Waals surface area (Å²) in [5.41, 5.74) is 0. The largest absolute Gasteiger partial charge is 0.377 e. The van der Waals surface area contributed by atoms with Gasteiger partial charge < -0.3 is 9.64 Å². The number of ether oxygens (including phenoxy) is 1. The Labute approximate surface area is 84.0 Å². The second-order valence-electron chi connectivity index (χ2n) is 3.30. The van der Waals surface area contributed by atoms with Crippen molar-refractivity contribution in [2.45, 2.75) is 25.8 Å². The first kappa shape index (κ1) is 10.8. The number of amides is 1. The first-order valence-corrected chi connectivity index (χ1v) is 5.22. The lowest BCUT2D eigenvalue weighted by molar-refractivity contribution is -0.139. The van der Waals surface area contributed by atoms with Crippen LogP contribution in [0.3, 0.4) is 0 Å². The molecule has 1 saturated heterocycles. The van der Waals surface area contributed by atoms with Gasteiger partial charge in [0.1, 0.15) is 0 Å². The Morgan fingerprint density at radius 3 is 3.08 bits per heavy atom. The van der Waals surface area contributed by atoms with E-state index in [4.69, 9.17) is 16.3 Å². The highest BCUT2D eigenvalue weighted by Crippen LogP contribution is 2.09. The molecule has 4 heteroatoms. The van der Waals surface area contributed by atoms with Crippen molar-refractivity contribution < 1.29 is 9.53 Å². The van der Waals surface area contributed by atoms with Gasteiger partial charge in [-0.15, -0.1) is 11.6 Å². The van der Waals surface area contributed by atoms with Crippen LogP contribution in [-0.4, -0.2) is 42.5 Å². The van der Waals surface area contributed by atoms with Crippen molar-refractivity contribution in [2.24, 2.45) is 0 Å². The third kappa shape index (κ3) is 3.16. The number of carbonyl (C=O) groups is 1. The van der Waals surface area contributed by atoms with Crippen LogP contribution in [0.15, 0.2) is 0 Å². The van der Waals surface area contributed by atoms with Crippen LogP contribution in [0.25, 0.3) is 0 Å². The third-order valence-electron chi connectivity index (χ3n) is 2.21. The van der Waals surface area contributed by atoms with Crippen LogP contribution < -0.4 is 0 Å². The first-order chi connectivity index (χ1) is 6.25. The van der Waals surface area contributed by atoms with E-state index in [1.807, 2.05) is 11.8 Å². The topological polar surface area (TPSA) is 29.5 Å². The molecule has 1 rings (SSSR count). The zero-order valence-electron chi connectivity index (χ0n) is 7.96. The van der Waals surface area contributed by atoms with Crippen LogP contribution >= 0.6 is 11.6 Å². The van der Waals surface area contributed by atoms with Crippen molar-refractivity contribution in [1.82, 2.24) is 4.90 Å². The Kier molecular flexibility index (Phi) is 4.53. The maximum absolute atomic E-state index is 11.6. The average molecular weight is 206 g/mol. The van der Waals surface area contributed by atoms with Crippen molar-refractivity contribution in [1.29, 1.82) is 0 Å². The van der Waals surface area contributed by atoms with Gasteiger partial charge in [-0.2, -0.15) is 0 Å². The van der Waals surface area contributed by atoms with E-state index < -0.39 is 0 Å². The van der Waals surface area contributed by atoms with Gasteiger partial charge in [0.05, 0.1) is 19.3 Å². The van der Waals surface area contributed by atoms with Crippen molar-refractivity contribution in [3.8, 4) is 0 Å². The lowest BCUT2D eigenvalue weighted by atomic mass is 10.2. The van der Waals surface area contributed by atoms with Gasteiger partial charge in [-0.3, -0.25) is 4.79 Å². The fourth-order valence-electron chi connectivity index (χ4n) is 1.46. The van der Waals surface area contributed by atoms with Crippen molar-refractivity contribution in [2.75, 3.05) is 25.6 Å². The SMILES string of the molecule is CC1COCCN1C(=O)CCCCl. The summed E-state index contributed by atoms with van der Waals surface area (Å²) in [5, 5.41) is 0. The van der Waals surface area contributed by atoms with Crippen molar-refractivity contribution in [3.63, 3.8) is 0 Å². The average Bonchev–Trinajstić information content (AvgIpc) is 2.15. The molecule has 1 fully saturated rings. The van der Waals surface area contributed by atoms with Crippen LogP contribution in [0.5, 0.6) is 0 Å². The Morgan fingerprint density at radius 1 is 1.69 bits per heavy atom. The Hall–Kier alpha value is -0.280. The second-order valence-corrected chi connectivity index (χ2v) is 3.68. The van der Waals surface area contributed by atoms with E-state index in [-0.39, 0.29) is 11.9 Å². The molecule has 0 aliphatic carbocycles. The van der Waals surface area contributed by atoms with Gasteiger partial charge in [0.25, 0.3) is 0 Å². The van der Waals surface area contributed by atoms with Gasteiger partial charge in [0.15, 0.2) is 0 Å². The summed E-state index contributed by atoms with van der Waals surface area (Å²) in [6.07, 6.45) is 1.33. The van der Waals surface area contributed by atoms with E-state index in [9.17, 15) is 4.79 Å². The van der Waals surface area contributed by atoms with Crippen LogP contribution in [0, 0.1) is 0 Å². The highest BCUT2D eigenvalue weighted by molar-refractivity contribution is 6.17. The maximum Gasteiger partial charge on any atom is 0.223 e. The van der Waals surface area contributed by atoms with E-state index in [2.05, 4.69) is 0 Å². The minimum Gasteiger partial charge on any atom is -0.377 e. The summed E-state index contributed by atoms with van der Waals surface area (Å²) in [7, 11) is 0. The molecule has 1 atom stereocenters. The molecule has 0 spiro atoms. The predicted octanol–water partition coefficient (Wildman–Crippen LogP) is 1.25. The Morgan fingerprint density at radius 2 is 2.46 bits per heavy atom. The number of carbonyl (C=O) groups excluding carboxylic acids is 1. The highest BCUT2D eigenvalue weighted by Gasteiger charge is 2.22. The van der Waals surface area contributed by atoms with E-state index in [0.717, 1.165) is 13.0 Å². The molecule has 0 N–H and O–H groups in total. The van der Waals surface area contributed by atoms with Crippen LogP contribution in [0.2, 0.25) is 0 Å². The fraction of sp³-hybridized carbons (Fsp3) is 0.889. The van der Waals surface area contributed by atoms with Crippen LogP contribution in [0.4, 0.5) is 0 Å². The van der Waals surface area contributed by atoms with Gasteiger partial charge in [-0.05, 0) is 13.3 Å². The van der Waals surface area contributed by atoms with E-state index in [1.165, 1.54) is 0 Å². The maximum atomic E-state index is 11.6. The van der Waals surface area contributed by atoms with E-state index in [1.54, 1.807) is 0 Å². The molecule has 0 saturated carbocycles. The second kappa shape index (κ2) is 5.45. The molecule has 0 bridgehead atoms. The molecule has 0 aromatic carbocycles. The molecule has 76 valence electrons. The molecule has 1 heterocycles. The van der Waals surface area contributed by atoms with E-state index >= 15 is 0 Å². The summed E-state index contributed by atoms with van der Waals surface area (Å²) in [6, 6.07) is 0.219. The molecule has 1 unspecified atom stereocenters. The van der Waals surface area contributed by atoms with E-state index in [0.29, 0.717) is 25.5 Å². The van der Waals surface area contributed by atoms with Gasteiger partial charge in [0, 0.05) is 18.8 Å². The van der Waals surface area contributed by atoms with Gasteiger partial charge >= 0.3 is 0 Å². The number of nitrogens with zero attached hydrogens (tertiary/aromatic N) is 1. The third-order valence-corrected chi connectivity index (χ3v) is 2.48. The van der Waals surface area contributed by atoms with Gasteiger partial charge in [0.2, 0.25) is 5.91 Å². The van der Waals surface area contributed by atoms with Crippen LogP contribution in [-0.2, 0) is 9.53 Å². The molecule has 0 aromatic heterocycles. The van der Waals surface area contributed by atoms with Crippen LogP contribution in [0.1, 0.15) is 19.8 Å². The number of rotatable bonds is 3. The predicted molar refractivity (Wildman–Crippen MR) is 51.9 cm³/mol. The Balaban J connectivity index is 2.35. The lowest BCUT2D eigenvalue weighted by Crippen LogP contribution is -2.47. The molecule has 1 amide bonds. The Bertz CT molecular complexity index is 175. The summed E-state index contributed by atoms with van der Waals surface area (Å²) < 4.78 is 5.25. The lowest BCUT2D eigenvalue weighted by Gasteiger charge is -2.33.